The minimum Gasteiger partial charge on any atom is -0.378 e. The van der Waals surface area contributed by atoms with E-state index in [1.165, 1.54) is 0 Å². The fraction of sp³-hybridized carbons (Fsp3) is 0.538. The standard InChI is InChI=1S/C13H17N3O2/c17-13(10-3-4-10)15-11-2-1-5-14-12(11)16-6-8-18-9-7-16/h1-2,5,10H,3-4,6-9H2,(H,15,17). The number of hydrogen-bond acceptors (Lipinski definition) is 4. The van der Waals surface area contributed by atoms with Gasteiger partial charge in [0.05, 0.1) is 18.9 Å². The Morgan fingerprint density at radius 2 is 2.17 bits per heavy atom. The average molecular weight is 247 g/mol. The zero-order valence-electron chi connectivity index (χ0n) is 10.3. The van der Waals surface area contributed by atoms with Gasteiger partial charge in [-0.3, -0.25) is 4.79 Å². The van der Waals surface area contributed by atoms with Crippen LogP contribution in [0, 0.1) is 5.92 Å². The van der Waals surface area contributed by atoms with E-state index < -0.39 is 0 Å². The van der Waals surface area contributed by atoms with Gasteiger partial charge in [0.2, 0.25) is 5.91 Å². The van der Waals surface area contributed by atoms with Gasteiger partial charge in [0.1, 0.15) is 0 Å². The predicted octanol–water partition coefficient (Wildman–Crippen LogP) is 1.27. The number of morpholine rings is 1. The highest BCUT2D eigenvalue weighted by atomic mass is 16.5. The Kier molecular flexibility index (Phi) is 3.15. The molecule has 1 aromatic heterocycles. The van der Waals surface area contributed by atoms with E-state index >= 15 is 0 Å². The number of rotatable bonds is 3. The molecule has 1 saturated carbocycles. The molecule has 5 heteroatoms. The van der Waals surface area contributed by atoms with Gasteiger partial charge < -0.3 is 15.0 Å². The summed E-state index contributed by atoms with van der Waals surface area (Å²) in [6.07, 6.45) is 3.79. The van der Waals surface area contributed by atoms with Crippen LogP contribution in [-0.2, 0) is 9.53 Å². The van der Waals surface area contributed by atoms with Crippen LogP contribution < -0.4 is 10.2 Å². The summed E-state index contributed by atoms with van der Waals surface area (Å²) >= 11 is 0. The van der Waals surface area contributed by atoms with Crippen LogP contribution in [0.3, 0.4) is 0 Å². The number of carbonyl (C=O) groups is 1. The van der Waals surface area contributed by atoms with Gasteiger partial charge in [-0.25, -0.2) is 4.98 Å². The first kappa shape index (κ1) is 11.5. The van der Waals surface area contributed by atoms with Gasteiger partial charge in [0.15, 0.2) is 5.82 Å². The van der Waals surface area contributed by atoms with Crippen molar-refractivity contribution in [3.8, 4) is 0 Å². The SMILES string of the molecule is O=C(Nc1cccnc1N1CCOCC1)C1CC1. The van der Waals surface area contributed by atoms with E-state index in [4.69, 9.17) is 4.74 Å². The molecule has 1 saturated heterocycles. The highest BCUT2D eigenvalue weighted by Gasteiger charge is 2.30. The molecule has 1 N–H and O–H groups in total. The van der Waals surface area contributed by atoms with Crippen molar-refractivity contribution in [1.29, 1.82) is 0 Å². The Balaban J connectivity index is 1.77. The lowest BCUT2D eigenvalue weighted by atomic mass is 10.3. The molecule has 1 amide bonds. The van der Waals surface area contributed by atoms with Gasteiger partial charge in [-0.2, -0.15) is 0 Å². The molecule has 1 aliphatic heterocycles. The van der Waals surface area contributed by atoms with Crippen molar-refractivity contribution in [1.82, 2.24) is 4.98 Å². The summed E-state index contributed by atoms with van der Waals surface area (Å²) in [4.78, 5) is 18.4. The van der Waals surface area contributed by atoms with Crippen LogP contribution in [-0.4, -0.2) is 37.2 Å². The Labute approximate surface area is 106 Å². The molecule has 96 valence electrons. The van der Waals surface area contributed by atoms with E-state index in [0.29, 0.717) is 13.2 Å². The molecule has 3 rings (SSSR count). The van der Waals surface area contributed by atoms with Crippen LogP contribution in [0.4, 0.5) is 11.5 Å². The zero-order chi connectivity index (χ0) is 12.4. The third-order valence-electron chi connectivity index (χ3n) is 3.30. The lowest BCUT2D eigenvalue weighted by Crippen LogP contribution is -2.37. The molecular formula is C13H17N3O2. The number of aromatic nitrogens is 1. The number of anilines is 2. The van der Waals surface area contributed by atoms with E-state index in [1.807, 2.05) is 12.1 Å². The monoisotopic (exact) mass is 247 g/mol. The van der Waals surface area contributed by atoms with E-state index in [-0.39, 0.29) is 11.8 Å². The topological polar surface area (TPSA) is 54.5 Å². The number of ether oxygens (including phenoxy) is 1. The first-order valence-electron chi connectivity index (χ1n) is 6.43. The van der Waals surface area contributed by atoms with Gasteiger partial charge in [0, 0.05) is 25.2 Å². The second-order valence-corrected chi connectivity index (χ2v) is 4.74. The number of nitrogens with one attached hydrogen (secondary N) is 1. The average Bonchev–Trinajstić information content (AvgIpc) is 3.25. The fourth-order valence-electron chi connectivity index (χ4n) is 2.10. The Hall–Kier alpha value is -1.62. The van der Waals surface area contributed by atoms with E-state index in [1.54, 1.807) is 6.20 Å². The van der Waals surface area contributed by atoms with E-state index in [2.05, 4.69) is 15.2 Å². The lowest BCUT2D eigenvalue weighted by molar-refractivity contribution is -0.117. The molecule has 0 aromatic carbocycles. The summed E-state index contributed by atoms with van der Waals surface area (Å²) in [5.41, 5.74) is 0.816. The lowest BCUT2D eigenvalue weighted by Gasteiger charge is -2.29. The summed E-state index contributed by atoms with van der Waals surface area (Å²) in [5.74, 6) is 1.19. The summed E-state index contributed by atoms with van der Waals surface area (Å²) in [7, 11) is 0. The van der Waals surface area contributed by atoms with Crippen molar-refractivity contribution in [2.75, 3.05) is 36.5 Å². The number of carbonyl (C=O) groups excluding carboxylic acids is 1. The van der Waals surface area contributed by atoms with Gasteiger partial charge >= 0.3 is 0 Å². The minimum absolute atomic E-state index is 0.123. The third kappa shape index (κ3) is 2.46. The van der Waals surface area contributed by atoms with Gasteiger partial charge in [-0.05, 0) is 25.0 Å². The Morgan fingerprint density at radius 1 is 1.39 bits per heavy atom. The molecule has 0 radical (unpaired) electrons. The Morgan fingerprint density at radius 3 is 2.89 bits per heavy atom. The van der Waals surface area contributed by atoms with Gasteiger partial charge in [0.25, 0.3) is 0 Å². The van der Waals surface area contributed by atoms with E-state index in [0.717, 1.165) is 37.4 Å². The van der Waals surface area contributed by atoms with Crippen LogP contribution in [0.2, 0.25) is 0 Å². The summed E-state index contributed by atoms with van der Waals surface area (Å²) in [5, 5.41) is 2.99. The second-order valence-electron chi connectivity index (χ2n) is 4.74. The fourth-order valence-corrected chi connectivity index (χ4v) is 2.10. The summed E-state index contributed by atoms with van der Waals surface area (Å²) < 4.78 is 5.33. The number of nitrogens with zero attached hydrogens (tertiary/aromatic N) is 2. The molecule has 18 heavy (non-hydrogen) atoms. The van der Waals surface area contributed by atoms with Crippen molar-refractivity contribution >= 4 is 17.4 Å². The summed E-state index contributed by atoms with van der Waals surface area (Å²) in [6.45, 7) is 3.08. The molecule has 2 heterocycles. The van der Waals surface area contributed by atoms with E-state index in [9.17, 15) is 4.79 Å². The first-order chi connectivity index (χ1) is 8.84. The molecular weight excluding hydrogens is 230 g/mol. The molecule has 1 aliphatic carbocycles. The molecule has 2 fully saturated rings. The number of amides is 1. The maximum Gasteiger partial charge on any atom is 0.227 e. The van der Waals surface area contributed by atoms with Crippen LogP contribution >= 0.6 is 0 Å². The largest absolute Gasteiger partial charge is 0.378 e. The van der Waals surface area contributed by atoms with Crippen molar-refractivity contribution in [3.05, 3.63) is 18.3 Å². The number of pyridine rings is 1. The van der Waals surface area contributed by atoms with Gasteiger partial charge in [-0.1, -0.05) is 0 Å². The molecule has 2 aliphatic rings. The minimum atomic E-state index is 0.123. The highest BCUT2D eigenvalue weighted by molar-refractivity contribution is 5.96. The molecule has 0 unspecified atom stereocenters. The normalized spacial score (nSPS) is 19.7. The number of hydrogen-bond donors (Lipinski definition) is 1. The smallest absolute Gasteiger partial charge is 0.227 e. The predicted molar refractivity (Wildman–Crippen MR) is 68.6 cm³/mol. The van der Waals surface area contributed by atoms with Crippen LogP contribution in [0.5, 0.6) is 0 Å². The zero-order valence-corrected chi connectivity index (χ0v) is 10.3. The first-order valence-corrected chi connectivity index (χ1v) is 6.43. The third-order valence-corrected chi connectivity index (χ3v) is 3.30. The molecule has 0 bridgehead atoms. The van der Waals surface area contributed by atoms with Crippen molar-refractivity contribution in [2.24, 2.45) is 5.92 Å². The molecule has 1 aromatic rings. The van der Waals surface area contributed by atoms with Crippen LogP contribution in [0.1, 0.15) is 12.8 Å². The molecule has 0 atom stereocenters. The van der Waals surface area contributed by atoms with Crippen molar-refractivity contribution < 1.29 is 9.53 Å². The van der Waals surface area contributed by atoms with Gasteiger partial charge in [-0.15, -0.1) is 0 Å². The van der Waals surface area contributed by atoms with Crippen LogP contribution in [0.15, 0.2) is 18.3 Å². The molecule has 5 nitrogen and oxygen atoms in total. The van der Waals surface area contributed by atoms with Crippen molar-refractivity contribution in [3.63, 3.8) is 0 Å². The maximum absolute atomic E-state index is 11.8. The second kappa shape index (κ2) is 4.94. The summed E-state index contributed by atoms with van der Waals surface area (Å²) in [6, 6.07) is 3.77. The Bertz CT molecular complexity index is 440. The van der Waals surface area contributed by atoms with Crippen LogP contribution in [0.25, 0.3) is 0 Å². The highest BCUT2D eigenvalue weighted by Crippen LogP contribution is 2.31. The quantitative estimate of drug-likeness (QED) is 0.874. The molecule has 0 spiro atoms. The maximum atomic E-state index is 11.8. The van der Waals surface area contributed by atoms with Crippen molar-refractivity contribution in [2.45, 2.75) is 12.8 Å².